The fraction of sp³-hybridized carbons (Fsp3) is 0.333. The molecule has 0 saturated heterocycles. The van der Waals surface area contributed by atoms with Crippen LogP contribution in [0.2, 0.25) is 0 Å². The number of hydrogen-bond acceptors (Lipinski definition) is 5. The first-order valence-electron chi connectivity index (χ1n) is 1.91. The molecule has 7 heteroatoms. The average Bonchev–Trinajstić information content (AvgIpc) is 1.63. The minimum Gasteiger partial charge on any atom is -0.334 e. The van der Waals surface area contributed by atoms with Crippen LogP contribution in [0.25, 0.3) is 0 Å². The lowest BCUT2D eigenvalue weighted by molar-refractivity contribution is -0.392. The topological polar surface area (TPSA) is 86.5 Å². The van der Waals surface area contributed by atoms with Gasteiger partial charge in [-0.1, -0.05) is 0 Å². The number of carbonyl (C=O) groups is 2. The Hall–Kier alpha value is -0.928. The van der Waals surface area contributed by atoms with Gasteiger partial charge in [-0.25, -0.2) is 0 Å². The van der Waals surface area contributed by atoms with Crippen LogP contribution in [0.15, 0.2) is 0 Å². The second-order valence-corrected chi connectivity index (χ2v) is 1.12. The van der Waals surface area contributed by atoms with Crippen LogP contribution in [0.3, 0.4) is 0 Å². The Kier molecular flexibility index (Phi) is 5.80. The minimum atomic E-state index is -1.75. The van der Waals surface area contributed by atoms with Crippen LogP contribution in [0.4, 0.5) is 4.79 Å². The number of rotatable bonds is 0. The van der Waals surface area contributed by atoms with Crippen molar-refractivity contribution < 1.29 is 19.2 Å². The molecule has 0 aliphatic heterocycles. The monoisotopic (exact) mass is 163 g/mol. The van der Waals surface area contributed by atoms with E-state index in [-0.39, 0.29) is 17.4 Å². The van der Waals surface area contributed by atoms with Gasteiger partial charge >= 0.3 is 12.1 Å². The average molecular weight is 163 g/mol. The van der Waals surface area contributed by atoms with E-state index in [1.165, 1.54) is 0 Å². The molecule has 0 N–H and O–H groups in total. The summed E-state index contributed by atoms with van der Waals surface area (Å²) in [5.41, 5.74) is 0. The SMILES string of the molecule is CC(=O)OC(=O)[N+](=O)[O-].[AlH3]. The Balaban J connectivity index is 0. The quantitative estimate of drug-likeness (QED) is 0.146. The molecule has 0 aliphatic carbocycles. The third kappa shape index (κ3) is 5.21. The molecule has 0 aliphatic rings. The van der Waals surface area contributed by atoms with E-state index < -0.39 is 17.0 Å². The molecule has 0 aromatic carbocycles. The van der Waals surface area contributed by atoms with Gasteiger partial charge in [0.05, 0.1) is 0 Å². The van der Waals surface area contributed by atoms with Crippen molar-refractivity contribution in [2.24, 2.45) is 0 Å². The van der Waals surface area contributed by atoms with Crippen LogP contribution < -0.4 is 0 Å². The number of esters is 1. The normalized spacial score (nSPS) is 7.30. The summed E-state index contributed by atoms with van der Waals surface area (Å²) < 4.78 is 3.53. The molecule has 0 saturated carbocycles. The van der Waals surface area contributed by atoms with Gasteiger partial charge in [0.25, 0.3) is 0 Å². The number of carbonyl (C=O) groups excluding carboxylic acids is 2. The van der Waals surface area contributed by atoms with Gasteiger partial charge in [-0.05, 0) is 0 Å². The maximum absolute atomic E-state index is 9.81. The van der Waals surface area contributed by atoms with Gasteiger partial charge in [0, 0.05) is 6.92 Å². The Labute approximate surface area is 66.4 Å². The van der Waals surface area contributed by atoms with Crippen molar-refractivity contribution in [1.29, 1.82) is 0 Å². The second-order valence-electron chi connectivity index (χ2n) is 1.12. The van der Waals surface area contributed by atoms with Crippen LogP contribution in [0, 0.1) is 10.1 Å². The molecule has 56 valence electrons. The lowest BCUT2D eigenvalue weighted by Gasteiger charge is -1.86. The molecule has 0 bridgehead atoms. The summed E-state index contributed by atoms with van der Waals surface area (Å²) in [4.78, 5) is 27.7. The van der Waals surface area contributed by atoms with Crippen LogP contribution in [-0.4, -0.2) is 34.3 Å². The standard InChI is InChI=1S/C3H3NO5.Al.3H/c1-2(5)9-3(6)4(7)8;;;;/h1H3;;;;. The van der Waals surface area contributed by atoms with Gasteiger partial charge < -0.3 is 4.74 Å². The third-order valence-electron chi connectivity index (χ3n) is 0.380. The summed E-state index contributed by atoms with van der Waals surface area (Å²) in [5, 5.41) is 9.41. The summed E-state index contributed by atoms with van der Waals surface area (Å²) in [6.45, 7) is 0.904. The molecule has 0 spiro atoms. The Morgan fingerprint density at radius 3 is 2.00 bits per heavy atom. The highest BCUT2D eigenvalue weighted by atomic mass is 27.0. The van der Waals surface area contributed by atoms with Crippen LogP contribution in [0.1, 0.15) is 6.92 Å². The molecule has 0 aromatic heterocycles. The highest BCUT2D eigenvalue weighted by molar-refractivity contribution is 5.78. The molecular weight excluding hydrogens is 157 g/mol. The Bertz CT molecular complexity index is 166. The maximum Gasteiger partial charge on any atom is 0.664 e. The van der Waals surface area contributed by atoms with E-state index in [4.69, 9.17) is 0 Å². The molecule has 1 amide bonds. The molecule has 6 nitrogen and oxygen atoms in total. The molecule has 0 aromatic rings. The summed E-state index contributed by atoms with van der Waals surface area (Å²) >= 11 is 0. The highest BCUT2D eigenvalue weighted by Gasteiger charge is 2.18. The van der Waals surface area contributed by atoms with Gasteiger partial charge in [0.1, 0.15) is 4.92 Å². The van der Waals surface area contributed by atoms with Gasteiger partial charge in [-0.2, -0.15) is 4.79 Å². The highest BCUT2D eigenvalue weighted by Crippen LogP contribution is 1.81. The summed E-state index contributed by atoms with van der Waals surface area (Å²) in [6.07, 6.45) is -1.75. The van der Waals surface area contributed by atoms with Crippen molar-refractivity contribution in [3.05, 3.63) is 10.1 Å². The van der Waals surface area contributed by atoms with Gasteiger partial charge in [-0.3, -0.25) is 14.9 Å². The number of hydrogen-bond donors (Lipinski definition) is 0. The van der Waals surface area contributed by atoms with Crippen molar-refractivity contribution in [2.45, 2.75) is 6.92 Å². The molecule has 0 unspecified atom stereocenters. The minimum absolute atomic E-state index is 0. The molecule has 0 fully saturated rings. The van der Waals surface area contributed by atoms with Gasteiger partial charge in [0.2, 0.25) is 0 Å². The van der Waals surface area contributed by atoms with E-state index in [0.717, 1.165) is 6.92 Å². The predicted molar refractivity (Wildman–Crippen MR) is 34.1 cm³/mol. The summed E-state index contributed by atoms with van der Waals surface area (Å²) in [7, 11) is 0. The van der Waals surface area contributed by atoms with Crippen LogP contribution >= 0.6 is 0 Å². The van der Waals surface area contributed by atoms with E-state index in [0.29, 0.717) is 0 Å². The van der Waals surface area contributed by atoms with E-state index in [1.54, 1.807) is 0 Å². The Morgan fingerprint density at radius 2 is 1.90 bits per heavy atom. The maximum atomic E-state index is 9.81. The number of amides is 1. The van der Waals surface area contributed by atoms with E-state index in [2.05, 4.69) is 4.74 Å². The number of nitrogens with zero attached hydrogens (tertiary/aromatic N) is 1. The molecule has 10 heavy (non-hydrogen) atoms. The third-order valence-corrected chi connectivity index (χ3v) is 0.380. The van der Waals surface area contributed by atoms with E-state index in [9.17, 15) is 19.7 Å². The number of nitro groups is 1. The lowest BCUT2D eigenvalue weighted by Crippen LogP contribution is -2.15. The molecular formula is C3H6AlNO5. The predicted octanol–water partition coefficient (Wildman–Crippen LogP) is -1.24. The van der Waals surface area contributed by atoms with Crippen molar-refractivity contribution in [3.63, 3.8) is 0 Å². The summed E-state index contributed by atoms with van der Waals surface area (Å²) in [5.74, 6) is -0.989. The summed E-state index contributed by atoms with van der Waals surface area (Å²) in [6, 6.07) is 0. The zero-order valence-electron chi connectivity index (χ0n) is 4.49. The van der Waals surface area contributed by atoms with Gasteiger partial charge in [0.15, 0.2) is 17.4 Å². The largest absolute Gasteiger partial charge is 0.664 e. The van der Waals surface area contributed by atoms with Crippen molar-refractivity contribution in [3.8, 4) is 0 Å². The number of ether oxygens (including phenoxy) is 1. The molecule has 0 radical (unpaired) electrons. The van der Waals surface area contributed by atoms with Crippen molar-refractivity contribution in [1.82, 2.24) is 0 Å². The second kappa shape index (κ2) is 4.91. The fourth-order valence-corrected chi connectivity index (χ4v) is 0.160. The van der Waals surface area contributed by atoms with E-state index in [1.807, 2.05) is 0 Å². The zero-order chi connectivity index (χ0) is 7.44. The smallest absolute Gasteiger partial charge is 0.334 e. The first-order valence-corrected chi connectivity index (χ1v) is 1.91. The van der Waals surface area contributed by atoms with Crippen LogP contribution in [0.5, 0.6) is 0 Å². The molecule has 0 rings (SSSR count). The zero-order valence-corrected chi connectivity index (χ0v) is 4.49. The van der Waals surface area contributed by atoms with Gasteiger partial charge in [-0.15, -0.1) is 0 Å². The molecule has 0 heterocycles. The first-order chi connectivity index (χ1) is 4.04. The molecule has 0 atom stereocenters. The van der Waals surface area contributed by atoms with Crippen molar-refractivity contribution >= 4 is 29.4 Å². The fourth-order valence-electron chi connectivity index (χ4n) is 0.160. The van der Waals surface area contributed by atoms with Crippen molar-refractivity contribution in [2.75, 3.05) is 0 Å². The van der Waals surface area contributed by atoms with Crippen LogP contribution in [-0.2, 0) is 9.53 Å². The van der Waals surface area contributed by atoms with E-state index >= 15 is 0 Å². The Morgan fingerprint density at radius 1 is 1.50 bits per heavy atom. The first kappa shape index (κ1) is 11.8. The lowest BCUT2D eigenvalue weighted by atomic mass is 10.8.